The Kier molecular flexibility index (Phi) is 7.07. The zero-order valence-electron chi connectivity index (χ0n) is 29.2. The van der Waals surface area contributed by atoms with Gasteiger partial charge in [0.15, 0.2) is 0 Å². The standard InChI is InChI=1S/C49H37N3/c1-32-14-6-7-17-38(32)42-31-36(34-23-25-48-43(28-34)40-19-9-11-21-46(40)52(48)49-22-12-13-27-50-49)30-41(33(42)2)35-24-26-47-44(29-35)39-18-8-10-20-45(39)51(47)37-15-4-3-5-16-37/h3-31,44,47H,1-2H3. The van der Waals surface area contributed by atoms with Crippen LogP contribution < -0.4 is 4.90 Å². The summed E-state index contributed by atoms with van der Waals surface area (Å²) < 4.78 is 2.28. The van der Waals surface area contributed by atoms with Crippen LogP contribution in [0.25, 0.3) is 55.5 Å². The fraction of sp³-hybridized carbons (Fsp3) is 0.0816. The van der Waals surface area contributed by atoms with Gasteiger partial charge in [0.25, 0.3) is 0 Å². The molecule has 248 valence electrons. The molecular weight excluding hydrogens is 631 g/mol. The highest BCUT2D eigenvalue weighted by Gasteiger charge is 2.38. The fourth-order valence-electron chi connectivity index (χ4n) is 8.64. The summed E-state index contributed by atoms with van der Waals surface area (Å²) in [5.74, 6) is 1.17. The number of aryl methyl sites for hydroxylation is 1. The van der Waals surface area contributed by atoms with Crippen LogP contribution in [-0.4, -0.2) is 15.6 Å². The SMILES string of the molecule is Cc1ccccc1-c1cc(-c2ccc3c(c2)c2ccccc2n3-c2ccccn2)cc(C2=CC3c4ccccc4N(c4ccccc4)C3C=C2)c1C. The van der Waals surface area contributed by atoms with E-state index in [-0.39, 0.29) is 12.0 Å². The predicted molar refractivity (Wildman–Crippen MR) is 218 cm³/mol. The van der Waals surface area contributed by atoms with Crippen molar-refractivity contribution >= 4 is 38.8 Å². The molecule has 6 aromatic carbocycles. The second-order valence-corrected chi connectivity index (χ2v) is 14.0. The Morgan fingerprint density at radius 1 is 0.577 bits per heavy atom. The van der Waals surface area contributed by atoms with Crippen molar-refractivity contribution in [3.63, 3.8) is 0 Å². The smallest absolute Gasteiger partial charge is 0.137 e. The molecule has 0 fully saturated rings. The number of fused-ring (bicyclic) bond motifs is 6. The molecule has 1 aliphatic carbocycles. The third kappa shape index (κ3) is 4.77. The summed E-state index contributed by atoms with van der Waals surface area (Å²) in [5, 5.41) is 2.45. The van der Waals surface area contributed by atoms with Crippen molar-refractivity contribution in [1.29, 1.82) is 0 Å². The highest BCUT2D eigenvalue weighted by Crippen LogP contribution is 2.50. The average Bonchev–Trinajstić information content (AvgIpc) is 3.71. The topological polar surface area (TPSA) is 21.1 Å². The second kappa shape index (κ2) is 12.1. The summed E-state index contributed by atoms with van der Waals surface area (Å²) in [6, 6.07) is 55.2. The van der Waals surface area contributed by atoms with Gasteiger partial charge in [-0.1, -0.05) is 109 Å². The summed E-state index contributed by atoms with van der Waals surface area (Å²) in [7, 11) is 0. The quantitative estimate of drug-likeness (QED) is 0.182. The van der Waals surface area contributed by atoms with E-state index < -0.39 is 0 Å². The Balaban J connectivity index is 1.16. The molecule has 2 aromatic heterocycles. The van der Waals surface area contributed by atoms with E-state index in [1.165, 1.54) is 72.2 Å². The van der Waals surface area contributed by atoms with Crippen LogP contribution in [0.15, 0.2) is 176 Å². The van der Waals surface area contributed by atoms with E-state index >= 15 is 0 Å². The second-order valence-electron chi connectivity index (χ2n) is 14.0. The van der Waals surface area contributed by atoms with Gasteiger partial charge in [-0.2, -0.15) is 0 Å². The maximum Gasteiger partial charge on any atom is 0.137 e. The van der Waals surface area contributed by atoms with Gasteiger partial charge in [0.2, 0.25) is 0 Å². The van der Waals surface area contributed by atoms with Crippen LogP contribution in [0.2, 0.25) is 0 Å². The summed E-state index contributed by atoms with van der Waals surface area (Å²) in [6.45, 7) is 4.52. The Morgan fingerprint density at radius 3 is 2.19 bits per heavy atom. The molecule has 0 amide bonds. The van der Waals surface area contributed by atoms with Gasteiger partial charge in [-0.15, -0.1) is 0 Å². The molecule has 0 spiro atoms. The summed E-state index contributed by atoms with van der Waals surface area (Å²) in [4.78, 5) is 7.24. The minimum absolute atomic E-state index is 0.224. The van der Waals surface area contributed by atoms with Gasteiger partial charge in [0, 0.05) is 34.3 Å². The van der Waals surface area contributed by atoms with E-state index in [0.29, 0.717) is 0 Å². The van der Waals surface area contributed by atoms with E-state index in [0.717, 1.165) is 16.9 Å². The Bertz CT molecular complexity index is 2720. The molecule has 0 radical (unpaired) electrons. The normalized spacial score (nSPS) is 16.3. The number of nitrogens with zero attached hydrogens (tertiary/aromatic N) is 3. The highest BCUT2D eigenvalue weighted by molar-refractivity contribution is 6.10. The molecule has 0 N–H and O–H groups in total. The number of anilines is 2. The van der Waals surface area contributed by atoms with Crippen LogP contribution in [0.4, 0.5) is 11.4 Å². The number of rotatable bonds is 5. The minimum atomic E-state index is 0.224. The Labute approximate surface area is 304 Å². The van der Waals surface area contributed by atoms with Gasteiger partial charge in [-0.3, -0.25) is 4.57 Å². The number of para-hydroxylation sites is 3. The first-order valence-electron chi connectivity index (χ1n) is 18.1. The molecule has 3 heteroatoms. The number of allylic oxidation sites excluding steroid dienone is 2. The summed E-state index contributed by atoms with van der Waals surface area (Å²) in [6.07, 6.45) is 9.17. The zero-order chi connectivity index (χ0) is 34.8. The number of benzene rings is 6. The predicted octanol–water partition coefficient (Wildman–Crippen LogP) is 12.4. The monoisotopic (exact) mass is 667 g/mol. The first kappa shape index (κ1) is 30.4. The van der Waals surface area contributed by atoms with Crippen molar-refractivity contribution in [2.75, 3.05) is 4.90 Å². The van der Waals surface area contributed by atoms with Crippen LogP contribution in [0, 0.1) is 13.8 Å². The highest BCUT2D eigenvalue weighted by atomic mass is 15.2. The number of hydrogen-bond donors (Lipinski definition) is 0. The van der Waals surface area contributed by atoms with Crippen LogP contribution in [0.1, 0.15) is 28.2 Å². The molecule has 0 bridgehead atoms. The lowest BCUT2D eigenvalue weighted by Gasteiger charge is -2.30. The molecule has 0 saturated carbocycles. The van der Waals surface area contributed by atoms with E-state index in [1.807, 2.05) is 12.3 Å². The average molecular weight is 668 g/mol. The zero-order valence-corrected chi connectivity index (χ0v) is 29.2. The van der Waals surface area contributed by atoms with Gasteiger partial charge in [0.05, 0.1) is 17.1 Å². The Hall–Kier alpha value is -6.45. The first-order chi connectivity index (χ1) is 25.6. The fourth-order valence-corrected chi connectivity index (χ4v) is 8.64. The molecule has 3 heterocycles. The minimum Gasteiger partial charge on any atom is -0.333 e. The number of pyridine rings is 1. The van der Waals surface area contributed by atoms with Crippen molar-refractivity contribution in [2.24, 2.45) is 0 Å². The van der Waals surface area contributed by atoms with Crippen molar-refractivity contribution in [2.45, 2.75) is 25.8 Å². The molecule has 0 saturated heterocycles. The Morgan fingerprint density at radius 2 is 1.33 bits per heavy atom. The molecule has 8 aromatic rings. The molecule has 2 unspecified atom stereocenters. The molecule has 3 nitrogen and oxygen atoms in total. The third-order valence-corrected chi connectivity index (χ3v) is 11.1. The summed E-state index contributed by atoms with van der Waals surface area (Å²) in [5.41, 5.74) is 16.3. The van der Waals surface area contributed by atoms with Crippen molar-refractivity contribution in [3.8, 4) is 28.1 Å². The summed E-state index contributed by atoms with van der Waals surface area (Å²) >= 11 is 0. The van der Waals surface area contributed by atoms with Gasteiger partial charge in [-0.25, -0.2) is 4.98 Å². The molecule has 1 aliphatic heterocycles. The van der Waals surface area contributed by atoms with Crippen molar-refractivity contribution < 1.29 is 0 Å². The maximum absolute atomic E-state index is 4.73. The van der Waals surface area contributed by atoms with Crippen LogP contribution in [0.3, 0.4) is 0 Å². The van der Waals surface area contributed by atoms with E-state index in [9.17, 15) is 0 Å². The molecule has 10 rings (SSSR count). The lowest BCUT2D eigenvalue weighted by Crippen LogP contribution is -2.28. The van der Waals surface area contributed by atoms with Gasteiger partial charge in [0.1, 0.15) is 5.82 Å². The van der Waals surface area contributed by atoms with Crippen LogP contribution >= 0.6 is 0 Å². The van der Waals surface area contributed by atoms with Crippen molar-refractivity contribution in [3.05, 3.63) is 198 Å². The lowest BCUT2D eigenvalue weighted by molar-refractivity contribution is 0.747. The van der Waals surface area contributed by atoms with E-state index in [2.05, 4.69) is 187 Å². The molecule has 2 atom stereocenters. The molecular formula is C49H37N3. The first-order valence-corrected chi connectivity index (χ1v) is 18.1. The third-order valence-electron chi connectivity index (χ3n) is 11.1. The number of hydrogen-bond acceptors (Lipinski definition) is 2. The van der Waals surface area contributed by atoms with E-state index in [1.54, 1.807) is 0 Å². The molecule has 2 aliphatic rings. The van der Waals surface area contributed by atoms with Gasteiger partial charge < -0.3 is 4.90 Å². The van der Waals surface area contributed by atoms with Crippen LogP contribution in [0.5, 0.6) is 0 Å². The van der Waals surface area contributed by atoms with Crippen molar-refractivity contribution in [1.82, 2.24) is 9.55 Å². The lowest BCUT2D eigenvalue weighted by atomic mass is 9.82. The van der Waals surface area contributed by atoms with Gasteiger partial charge in [-0.05, 0) is 125 Å². The van der Waals surface area contributed by atoms with E-state index in [4.69, 9.17) is 4.98 Å². The maximum atomic E-state index is 4.73. The van der Waals surface area contributed by atoms with Crippen LogP contribution in [-0.2, 0) is 0 Å². The largest absolute Gasteiger partial charge is 0.333 e. The number of aromatic nitrogens is 2. The van der Waals surface area contributed by atoms with Gasteiger partial charge >= 0.3 is 0 Å². The molecule has 52 heavy (non-hydrogen) atoms.